The Morgan fingerprint density at radius 2 is 2.12 bits per heavy atom. The van der Waals surface area contributed by atoms with Gasteiger partial charge in [-0.2, -0.15) is 0 Å². The Balaban J connectivity index is 1.78. The molecule has 2 amide bonds. The number of aromatic nitrogens is 1. The standard InChI is InChI=1S/C19H20N4O2/c1-13-6-5-11-22(13)12-17(24)23-16-9-3-2-8-15(16)21-19(25)14-7-4-10-20-18(14)23/h2-4,7-10,13H,5-6,11-12H2,1H3,(H,21,25). The van der Waals surface area contributed by atoms with Crippen LogP contribution in [0.1, 0.15) is 30.1 Å². The summed E-state index contributed by atoms with van der Waals surface area (Å²) in [5, 5.41) is 2.88. The van der Waals surface area contributed by atoms with Gasteiger partial charge in [0, 0.05) is 12.2 Å². The third-order valence-corrected chi connectivity index (χ3v) is 4.91. The summed E-state index contributed by atoms with van der Waals surface area (Å²) in [5.74, 6) is 0.0693. The molecule has 2 aliphatic heterocycles. The number of nitrogens with zero attached hydrogens (tertiary/aromatic N) is 3. The summed E-state index contributed by atoms with van der Waals surface area (Å²) in [6.45, 7) is 3.39. The minimum Gasteiger partial charge on any atom is -0.320 e. The van der Waals surface area contributed by atoms with Crippen LogP contribution in [0.2, 0.25) is 0 Å². The quantitative estimate of drug-likeness (QED) is 0.916. The van der Waals surface area contributed by atoms with Crippen LogP contribution in [0.25, 0.3) is 0 Å². The van der Waals surface area contributed by atoms with Gasteiger partial charge in [0.15, 0.2) is 5.82 Å². The number of carbonyl (C=O) groups excluding carboxylic acids is 2. The molecule has 0 saturated carbocycles. The number of pyridine rings is 1. The lowest BCUT2D eigenvalue weighted by molar-refractivity contribution is -0.119. The first-order chi connectivity index (χ1) is 12.1. The second-order valence-electron chi connectivity index (χ2n) is 6.54. The highest BCUT2D eigenvalue weighted by molar-refractivity contribution is 6.17. The number of nitrogens with one attached hydrogen (secondary N) is 1. The Bertz CT molecular complexity index is 836. The van der Waals surface area contributed by atoms with Crippen LogP contribution in [0.4, 0.5) is 17.2 Å². The molecule has 2 aromatic rings. The van der Waals surface area contributed by atoms with E-state index in [9.17, 15) is 9.59 Å². The van der Waals surface area contributed by atoms with Gasteiger partial charge in [-0.1, -0.05) is 12.1 Å². The van der Waals surface area contributed by atoms with Crippen LogP contribution in [-0.4, -0.2) is 40.8 Å². The highest BCUT2D eigenvalue weighted by Crippen LogP contribution is 2.36. The zero-order valence-electron chi connectivity index (χ0n) is 14.1. The maximum atomic E-state index is 13.2. The Morgan fingerprint density at radius 3 is 2.92 bits per heavy atom. The van der Waals surface area contributed by atoms with Crippen molar-refractivity contribution >= 4 is 29.0 Å². The molecule has 0 spiro atoms. The van der Waals surface area contributed by atoms with Crippen molar-refractivity contribution in [2.45, 2.75) is 25.8 Å². The minimum atomic E-state index is -0.250. The topological polar surface area (TPSA) is 65.5 Å². The fraction of sp³-hybridized carbons (Fsp3) is 0.316. The zero-order chi connectivity index (χ0) is 17.4. The monoisotopic (exact) mass is 336 g/mol. The van der Waals surface area contributed by atoms with E-state index < -0.39 is 0 Å². The van der Waals surface area contributed by atoms with E-state index >= 15 is 0 Å². The van der Waals surface area contributed by atoms with Crippen LogP contribution in [0.15, 0.2) is 42.6 Å². The number of benzene rings is 1. The van der Waals surface area contributed by atoms with Gasteiger partial charge in [-0.25, -0.2) is 4.98 Å². The van der Waals surface area contributed by atoms with Crippen molar-refractivity contribution in [2.24, 2.45) is 0 Å². The summed E-state index contributed by atoms with van der Waals surface area (Å²) in [5.41, 5.74) is 1.68. The molecule has 4 rings (SSSR count). The molecule has 1 fully saturated rings. The molecule has 6 nitrogen and oxygen atoms in total. The minimum absolute atomic E-state index is 0.0716. The van der Waals surface area contributed by atoms with Crippen LogP contribution < -0.4 is 10.2 Å². The summed E-state index contributed by atoms with van der Waals surface area (Å²) in [6, 6.07) is 11.1. The Labute approximate surface area is 146 Å². The first-order valence-corrected chi connectivity index (χ1v) is 8.57. The summed E-state index contributed by atoms with van der Waals surface area (Å²) >= 11 is 0. The molecule has 1 aromatic heterocycles. The average Bonchev–Trinajstić information content (AvgIpc) is 2.96. The predicted octanol–water partition coefficient (Wildman–Crippen LogP) is 2.80. The van der Waals surface area contributed by atoms with E-state index in [1.165, 1.54) is 0 Å². The number of likely N-dealkylation sites (tertiary alicyclic amines) is 1. The van der Waals surface area contributed by atoms with Crippen LogP contribution >= 0.6 is 0 Å². The van der Waals surface area contributed by atoms with E-state index in [4.69, 9.17) is 0 Å². The SMILES string of the molecule is CC1CCCN1CC(=O)N1c2ccccc2NC(=O)c2cccnc21. The van der Waals surface area contributed by atoms with E-state index in [2.05, 4.69) is 22.1 Å². The molecule has 0 aliphatic carbocycles. The fourth-order valence-electron chi connectivity index (χ4n) is 3.56. The van der Waals surface area contributed by atoms with Gasteiger partial charge in [-0.15, -0.1) is 0 Å². The molecular formula is C19H20N4O2. The Kier molecular flexibility index (Phi) is 3.97. The van der Waals surface area contributed by atoms with Gasteiger partial charge in [-0.05, 0) is 50.6 Å². The maximum Gasteiger partial charge on any atom is 0.259 e. The highest BCUT2D eigenvalue weighted by atomic mass is 16.2. The number of hydrogen-bond donors (Lipinski definition) is 1. The van der Waals surface area contributed by atoms with Gasteiger partial charge < -0.3 is 5.32 Å². The fourth-order valence-corrected chi connectivity index (χ4v) is 3.56. The summed E-state index contributed by atoms with van der Waals surface area (Å²) < 4.78 is 0. The first-order valence-electron chi connectivity index (χ1n) is 8.57. The lowest BCUT2D eigenvalue weighted by atomic mass is 10.2. The van der Waals surface area contributed by atoms with Gasteiger partial charge in [0.05, 0.1) is 23.5 Å². The van der Waals surface area contributed by atoms with E-state index in [1.54, 1.807) is 29.3 Å². The summed E-state index contributed by atoms with van der Waals surface area (Å²) in [4.78, 5) is 33.8. The average molecular weight is 336 g/mol. The molecule has 0 radical (unpaired) electrons. The molecule has 3 heterocycles. The highest BCUT2D eigenvalue weighted by Gasteiger charge is 2.32. The van der Waals surface area contributed by atoms with Gasteiger partial charge >= 0.3 is 0 Å². The van der Waals surface area contributed by atoms with Crippen LogP contribution in [0, 0.1) is 0 Å². The molecule has 1 saturated heterocycles. The zero-order valence-corrected chi connectivity index (χ0v) is 14.1. The van der Waals surface area contributed by atoms with Crippen molar-refractivity contribution < 1.29 is 9.59 Å². The second-order valence-corrected chi connectivity index (χ2v) is 6.54. The largest absolute Gasteiger partial charge is 0.320 e. The molecule has 2 aliphatic rings. The Hall–Kier alpha value is -2.73. The predicted molar refractivity (Wildman–Crippen MR) is 96.0 cm³/mol. The lowest BCUT2D eigenvalue weighted by Gasteiger charge is -2.27. The van der Waals surface area contributed by atoms with Gasteiger partial charge in [-0.3, -0.25) is 19.4 Å². The van der Waals surface area contributed by atoms with Crippen molar-refractivity contribution in [1.29, 1.82) is 0 Å². The number of rotatable bonds is 2. The summed E-state index contributed by atoms with van der Waals surface area (Å²) in [6.07, 6.45) is 3.83. The van der Waals surface area contributed by atoms with Crippen molar-refractivity contribution in [3.63, 3.8) is 0 Å². The molecule has 1 N–H and O–H groups in total. The van der Waals surface area contributed by atoms with Gasteiger partial charge in [0.1, 0.15) is 0 Å². The van der Waals surface area contributed by atoms with Crippen molar-refractivity contribution in [1.82, 2.24) is 9.88 Å². The molecule has 1 atom stereocenters. The van der Waals surface area contributed by atoms with Gasteiger partial charge in [0.2, 0.25) is 5.91 Å². The van der Waals surface area contributed by atoms with Crippen molar-refractivity contribution in [3.8, 4) is 0 Å². The number of amides is 2. The number of para-hydroxylation sites is 2. The van der Waals surface area contributed by atoms with Crippen LogP contribution in [0.3, 0.4) is 0 Å². The number of fused-ring (bicyclic) bond motifs is 2. The van der Waals surface area contributed by atoms with Crippen molar-refractivity contribution in [2.75, 3.05) is 23.3 Å². The van der Waals surface area contributed by atoms with Crippen LogP contribution in [-0.2, 0) is 4.79 Å². The molecule has 6 heteroatoms. The molecular weight excluding hydrogens is 316 g/mol. The van der Waals surface area contributed by atoms with Crippen LogP contribution in [0.5, 0.6) is 0 Å². The number of hydrogen-bond acceptors (Lipinski definition) is 4. The molecule has 128 valence electrons. The summed E-state index contributed by atoms with van der Waals surface area (Å²) in [7, 11) is 0. The maximum absolute atomic E-state index is 13.2. The molecule has 25 heavy (non-hydrogen) atoms. The lowest BCUT2D eigenvalue weighted by Crippen LogP contribution is -2.40. The first kappa shape index (κ1) is 15.8. The van der Waals surface area contributed by atoms with Gasteiger partial charge in [0.25, 0.3) is 5.91 Å². The van der Waals surface area contributed by atoms with E-state index in [-0.39, 0.29) is 11.8 Å². The third kappa shape index (κ3) is 2.78. The molecule has 1 aromatic carbocycles. The smallest absolute Gasteiger partial charge is 0.259 e. The van der Waals surface area contributed by atoms with E-state index in [0.29, 0.717) is 35.3 Å². The molecule has 1 unspecified atom stereocenters. The normalized spacial score (nSPS) is 19.8. The van der Waals surface area contributed by atoms with E-state index in [0.717, 1.165) is 19.4 Å². The molecule has 0 bridgehead atoms. The second kappa shape index (κ2) is 6.29. The number of anilines is 3. The van der Waals surface area contributed by atoms with Crippen molar-refractivity contribution in [3.05, 3.63) is 48.2 Å². The van der Waals surface area contributed by atoms with E-state index in [1.807, 2.05) is 18.2 Å². The third-order valence-electron chi connectivity index (χ3n) is 4.91. The Morgan fingerprint density at radius 1 is 1.28 bits per heavy atom. The number of carbonyl (C=O) groups is 2.